The molecular formula is C17H24N4. The number of hydrogen-bond donors (Lipinski definition) is 1. The standard InChI is InChI=1S/C17H24N4/c1-13-8-16(20-17(18)9-13)5-4-14-10-15(12-19-11-14)6-7-21(2)3/h8-12H,4-7H2,1-3H3,(H2,18,20). The summed E-state index contributed by atoms with van der Waals surface area (Å²) in [4.78, 5) is 10.9. The summed E-state index contributed by atoms with van der Waals surface area (Å²) in [5.41, 5.74) is 10.5. The molecule has 0 saturated heterocycles. The van der Waals surface area contributed by atoms with E-state index < -0.39 is 0 Å². The van der Waals surface area contributed by atoms with E-state index in [1.165, 1.54) is 11.1 Å². The Labute approximate surface area is 127 Å². The normalized spacial score (nSPS) is 11.0. The summed E-state index contributed by atoms with van der Waals surface area (Å²) in [7, 11) is 4.18. The van der Waals surface area contributed by atoms with Gasteiger partial charge in [-0.15, -0.1) is 0 Å². The summed E-state index contributed by atoms with van der Waals surface area (Å²) >= 11 is 0. The largest absolute Gasteiger partial charge is 0.384 e. The molecule has 2 aromatic rings. The molecule has 0 radical (unpaired) electrons. The fourth-order valence-corrected chi connectivity index (χ4v) is 2.34. The van der Waals surface area contributed by atoms with Gasteiger partial charge in [0.05, 0.1) is 0 Å². The molecule has 2 heterocycles. The Balaban J connectivity index is 1.98. The molecule has 0 aliphatic heterocycles. The van der Waals surface area contributed by atoms with E-state index in [1.54, 1.807) is 0 Å². The summed E-state index contributed by atoms with van der Waals surface area (Å²) in [5, 5.41) is 0. The molecular weight excluding hydrogens is 260 g/mol. The molecule has 4 nitrogen and oxygen atoms in total. The maximum absolute atomic E-state index is 5.79. The first-order chi connectivity index (χ1) is 10.0. The number of nitrogen functional groups attached to an aromatic ring is 1. The fraction of sp³-hybridized carbons (Fsp3) is 0.412. The van der Waals surface area contributed by atoms with Gasteiger partial charge in [-0.2, -0.15) is 0 Å². The summed E-state index contributed by atoms with van der Waals surface area (Å²) in [6, 6.07) is 6.24. The third-order valence-corrected chi connectivity index (χ3v) is 3.41. The Morgan fingerprint density at radius 1 is 1.00 bits per heavy atom. The molecule has 0 aliphatic carbocycles. The Morgan fingerprint density at radius 2 is 1.71 bits per heavy atom. The van der Waals surface area contributed by atoms with Gasteiger partial charge in [-0.25, -0.2) is 4.98 Å². The highest BCUT2D eigenvalue weighted by Crippen LogP contribution is 2.11. The van der Waals surface area contributed by atoms with Gasteiger partial charge in [-0.1, -0.05) is 6.07 Å². The van der Waals surface area contributed by atoms with Crippen LogP contribution in [0.25, 0.3) is 0 Å². The highest BCUT2D eigenvalue weighted by molar-refractivity contribution is 5.34. The molecule has 2 N–H and O–H groups in total. The first kappa shape index (κ1) is 15.4. The van der Waals surface area contributed by atoms with Gasteiger partial charge in [0.2, 0.25) is 0 Å². The number of aromatic nitrogens is 2. The molecule has 0 aromatic carbocycles. The van der Waals surface area contributed by atoms with E-state index in [0.717, 1.165) is 37.1 Å². The molecule has 21 heavy (non-hydrogen) atoms. The molecule has 4 heteroatoms. The van der Waals surface area contributed by atoms with E-state index in [9.17, 15) is 0 Å². The lowest BCUT2D eigenvalue weighted by molar-refractivity contribution is 0.413. The van der Waals surface area contributed by atoms with E-state index in [1.807, 2.05) is 25.4 Å². The lowest BCUT2D eigenvalue weighted by Crippen LogP contribution is -2.15. The van der Waals surface area contributed by atoms with Gasteiger partial charge >= 0.3 is 0 Å². The number of nitrogens with zero attached hydrogens (tertiary/aromatic N) is 3. The van der Waals surface area contributed by atoms with Crippen molar-refractivity contribution in [2.75, 3.05) is 26.4 Å². The second kappa shape index (κ2) is 7.18. The Kier molecular flexibility index (Phi) is 5.28. The predicted octanol–water partition coefficient (Wildman–Crippen LogP) is 2.26. The van der Waals surface area contributed by atoms with E-state index in [4.69, 9.17) is 5.73 Å². The number of hydrogen-bond acceptors (Lipinski definition) is 4. The van der Waals surface area contributed by atoms with Crippen molar-refractivity contribution in [2.24, 2.45) is 0 Å². The van der Waals surface area contributed by atoms with Crippen molar-refractivity contribution >= 4 is 5.82 Å². The minimum Gasteiger partial charge on any atom is -0.384 e. The number of aryl methyl sites for hydroxylation is 3. The topological polar surface area (TPSA) is 55.0 Å². The monoisotopic (exact) mass is 284 g/mol. The van der Waals surface area contributed by atoms with Crippen molar-refractivity contribution in [2.45, 2.75) is 26.2 Å². The Morgan fingerprint density at radius 3 is 2.38 bits per heavy atom. The number of pyridine rings is 2. The van der Waals surface area contributed by atoms with Gasteiger partial charge in [0.15, 0.2) is 0 Å². The van der Waals surface area contributed by atoms with E-state index in [-0.39, 0.29) is 0 Å². The van der Waals surface area contributed by atoms with Crippen LogP contribution < -0.4 is 5.73 Å². The highest BCUT2D eigenvalue weighted by atomic mass is 15.0. The fourth-order valence-electron chi connectivity index (χ4n) is 2.34. The maximum Gasteiger partial charge on any atom is 0.123 e. The first-order valence-corrected chi connectivity index (χ1v) is 7.33. The first-order valence-electron chi connectivity index (χ1n) is 7.33. The van der Waals surface area contributed by atoms with Crippen molar-refractivity contribution in [3.8, 4) is 0 Å². The third-order valence-electron chi connectivity index (χ3n) is 3.41. The van der Waals surface area contributed by atoms with Crippen LogP contribution in [0.4, 0.5) is 5.82 Å². The zero-order valence-corrected chi connectivity index (χ0v) is 13.1. The molecule has 2 rings (SSSR count). The molecule has 0 aliphatic rings. The van der Waals surface area contributed by atoms with Crippen LogP contribution in [0.15, 0.2) is 30.6 Å². The van der Waals surface area contributed by atoms with E-state index >= 15 is 0 Å². The van der Waals surface area contributed by atoms with Crippen LogP contribution in [0.3, 0.4) is 0 Å². The lowest BCUT2D eigenvalue weighted by atomic mass is 10.1. The Bertz CT molecular complexity index is 573. The van der Waals surface area contributed by atoms with Gasteiger partial charge in [0.25, 0.3) is 0 Å². The van der Waals surface area contributed by atoms with Gasteiger partial charge < -0.3 is 10.6 Å². The molecule has 0 saturated carbocycles. The van der Waals surface area contributed by atoms with Crippen LogP contribution in [0.1, 0.15) is 22.4 Å². The van der Waals surface area contributed by atoms with Crippen molar-refractivity contribution in [1.29, 1.82) is 0 Å². The van der Waals surface area contributed by atoms with Crippen LogP contribution in [0.2, 0.25) is 0 Å². The maximum atomic E-state index is 5.79. The van der Waals surface area contributed by atoms with Gasteiger partial charge in [0, 0.05) is 24.6 Å². The molecule has 0 amide bonds. The minimum atomic E-state index is 0.600. The SMILES string of the molecule is Cc1cc(N)nc(CCc2cncc(CCN(C)C)c2)c1. The number of likely N-dealkylation sites (N-methyl/N-ethyl adjacent to an activating group) is 1. The molecule has 0 fully saturated rings. The van der Waals surface area contributed by atoms with E-state index in [2.05, 4.69) is 41.1 Å². The van der Waals surface area contributed by atoms with Gasteiger partial charge in [0.1, 0.15) is 5.82 Å². The average molecular weight is 284 g/mol. The summed E-state index contributed by atoms with van der Waals surface area (Å²) in [6.45, 7) is 3.09. The number of rotatable bonds is 6. The smallest absolute Gasteiger partial charge is 0.123 e. The molecule has 0 spiro atoms. The van der Waals surface area contributed by atoms with Crippen LogP contribution in [-0.2, 0) is 19.3 Å². The van der Waals surface area contributed by atoms with E-state index in [0.29, 0.717) is 5.82 Å². The predicted molar refractivity (Wildman–Crippen MR) is 87.3 cm³/mol. The zero-order chi connectivity index (χ0) is 15.2. The van der Waals surface area contributed by atoms with Crippen LogP contribution in [0.5, 0.6) is 0 Å². The molecule has 0 unspecified atom stereocenters. The van der Waals surface area contributed by atoms with Gasteiger partial charge in [-0.3, -0.25) is 4.98 Å². The second-order valence-corrected chi connectivity index (χ2v) is 5.82. The van der Waals surface area contributed by atoms with Crippen LogP contribution >= 0.6 is 0 Å². The third kappa shape index (κ3) is 5.16. The summed E-state index contributed by atoms with van der Waals surface area (Å²) < 4.78 is 0. The molecule has 0 atom stereocenters. The molecule has 0 bridgehead atoms. The zero-order valence-electron chi connectivity index (χ0n) is 13.1. The van der Waals surface area contributed by atoms with Gasteiger partial charge in [-0.05, 0) is 69.1 Å². The molecule has 112 valence electrons. The van der Waals surface area contributed by atoms with Crippen LogP contribution in [-0.4, -0.2) is 35.5 Å². The van der Waals surface area contributed by atoms with Crippen molar-refractivity contribution < 1.29 is 0 Å². The quantitative estimate of drug-likeness (QED) is 0.884. The minimum absolute atomic E-state index is 0.600. The molecule has 2 aromatic heterocycles. The van der Waals surface area contributed by atoms with Crippen molar-refractivity contribution in [3.63, 3.8) is 0 Å². The Hall–Kier alpha value is -1.94. The number of anilines is 1. The van der Waals surface area contributed by atoms with Crippen molar-refractivity contribution in [3.05, 3.63) is 53.0 Å². The average Bonchev–Trinajstić information content (AvgIpc) is 2.42. The van der Waals surface area contributed by atoms with Crippen LogP contribution in [0, 0.1) is 6.92 Å². The number of nitrogens with two attached hydrogens (primary N) is 1. The summed E-state index contributed by atoms with van der Waals surface area (Å²) in [6.07, 6.45) is 6.76. The summed E-state index contributed by atoms with van der Waals surface area (Å²) in [5.74, 6) is 0.600. The lowest BCUT2D eigenvalue weighted by Gasteiger charge is -2.10. The van der Waals surface area contributed by atoms with Crippen molar-refractivity contribution in [1.82, 2.24) is 14.9 Å². The highest BCUT2D eigenvalue weighted by Gasteiger charge is 2.02. The second-order valence-electron chi connectivity index (χ2n) is 5.82.